The molecule has 0 spiro atoms. The van der Waals surface area contributed by atoms with Crippen LogP contribution in [0.1, 0.15) is 20.8 Å². The second-order valence-corrected chi connectivity index (χ2v) is 5.32. The van der Waals surface area contributed by atoms with E-state index in [1.54, 1.807) is 12.1 Å². The van der Waals surface area contributed by atoms with Crippen molar-refractivity contribution in [2.75, 3.05) is 13.2 Å². The highest BCUT2D eigenvalue weighted by atomic mass is 35.5. The molecule has 4 nitrogen and oxygen atoms in total. The fourth-order valence-corrected chi connectivity index (χ4v) is 1.46. The standard InChI is InChI=1S/C13H19ClN2O2/c1-13(2,3)16-12(17)15-8-9-18-11-7-5-4-6-10(11)14/h4-7H,8-9H2,1-3H3,(H2,15,16,17). The lowest BCUT2D eigenvalue weighted by Gasteiger charge is -2.20. The Morgan fingerprint density at radius 1 is 1.33 bits per heavy atom. The monoisotopic (exact) mass is 270 g/mol. The molecule has 0 aromatic heterocycles. The summed E-state index contributed by atoms with van der Waals surface area (Å²) in [5.41, 5.74) is -0.242. The number of nitrogens with one attached hydrogen (secondary N) is 2. The Kier molecular flexibility index (Phi) is 5.28. The van der Waals surface area contributed by atoms with E-state index in [1.807, 2.05) is 32.9 Å². The molecule has 0 unspecified atom stereocenters. The SMILES string of the molecule is CC(C)(C)NC(=O)NCCOc1ccccc1Cl. The highest BCUT2D eigenvalue weighted by Crippen LogP contribution is 2.22. The lowest BCUT2D eigenvalue weighted by molar-refractivity contribution is 0.228. The van der Waals surface area contributed by atoms with Crippen LogP contribution in [0.25, 0.3) is 0 Å². The summed E-state index contributed by atoms with van der Waals surface area (Å²) >= 11 is 5.93. The van der Waals surface area contributed by atoms with Crippen LogP contribution in [0.15, 0.2) is 24.3 Å². The van der Waals surface area contributed by atoms with E-state index in [2.05, 4.69) is 10.6 Å². The number of carbonyl (C=O) groups is 1. The average Bonchev–Trinajstić information content (AvgIpc) is 2.24. The second-order valence-electron chi connectivity index (χ2n) is 4.91. The molecular weight excluding hydrogens is 252 g/mol. The third-order valence-electron chi connectivity index (χ3n) is 1.97. The molecule has 0 radical (unpaired) electrons. The predicted molar refractivity (Wildman–Crippen MR) is 73.2 cm³/mol. The van der Waals surface area contributed by atoms with Crippen LogP contribution in [0, 0.1) is 0 Å². The Bertz CT molecular complexity index is 402. The third-order valence-corrected chi connectivity index (χ3v) is 2.28. The van der Waals surface area contributed by atoms with Gasteiger partial charge in [0, 0.05) is 5.54 Å². The third kappa shape index (κ3) is 5.77. The highest BCUT2D eigenvalue weighted by Gasteiger charge is 2.12. The molecule has 0 aliphatic carbocycles. The van der Waals surface area contributed by atoms with Crippen molar-refractivity contribution in [2.24, 2.45) is 0 Å². The highest BCUT2D eigenvalue weighted by molar-refractivity contribution is 6.32. The minimum absolute atomic E-state index is 0.203. The first-order valence-corrected chi connectivity index (χ1v) is 6.19. The molecule has 0 heterocycles. The van der Waals surface area contributed by atoms with Gasteiger partial charge in [-0.2, -0.15) is 0 Å². The molecule has 1 aromatic rings. The number of hydrogen-bond donors (Lipinski definition) is 2. The molecule has 0 bridgehead atoms. The van der Waals surface area contributed by atoms with E-state index in [-0.39, 0.29) is 11.6 Å². The Hall–Kier alpha value is -1.42. The molecule has 0 saturated heterocycles. The van der Waals surface area contributed by atoms with Crippen molar-refractivity contribution in [2.45, 2.75) is 26.3 Å². The van der Waals surface area contributed by atoms with Crippen molar-refractivity contribution in [1.29, 1.82) is 0 Å². The van der Waals surface area contributed by atoms with Gasteiger partial charge in [0.1, 0.15) is 12.4 Å². The maximum absolute atomic E-state index is 11.4. The molecule has 1 rings (SSSR count). The zero-order valence-electron chi connectivity index (χ0n) is 10.9. The van der Waals surface area contributed by atoms with Crippen LogP contribution < -0.4 is 15.4 Å². The van der Waals surface area contributed by atoms with E-state index >= 15 is 0 Å². The fraction of sp³-hybridized carbons (Fsp3) is 0.462. The maximum Gasteiger partial charge on any atom is 0.315 e. The summed E-state index contributed by atoms with van der Waals surface area (Å²) in [4.78, 5) is 11.4. The lowest BCUT2D eigenvalue weighted by Crippen LogP contribution is -2.47. The summed E-state index contributed by atoms with van der Waals surface area (Å²) in [6.07, 6.45) is 0. The summed E-state index contributed by atoms with van der Waals surface area (Å²) in [6.45, 7) is 6.57. The van der Waals surface area contributed by atoms with Gasteiger partial charge in [-0.15, -0.1) is 0 Å². The van der Waals surface area contributed by atoms with E-state index in [0.29, 0.717) is 23.9 Å². The lowest BCUT2D eigenvalue weighted by atomic mass is 10.1. The number of ether oxygens (including phenoxy) is 1. The predicted octanol–water partition coefficient (Wildman–Crippen LogP) is 2.82. The topological polar surface area (TPSA) is 50.4 Å². The van der Waals surface area contributed by atoms with Crippen molar-refractivity contribution >= 4 is 17.6 Å². The normalized spacial score (nSPS) is 10.9. The summed E-state index contributed by atoms with van der Waals surface area (Å²) < 4.78 is 5.44. The molecule has 0 aliphatic rings. The molecule has 5 heteroatoms. The zero-order chi connectivity index (χ0) is 13.6. The van der Waals surface area contributed by atoms with Gasteiger partial charge in [0.15, 0.2) is 0 Å². The molecular formula is C13H19ClN2O2. The fourth-order valence-electron chi connectivity index (χ4n) is 1.27. The van der Waals surface area contributed by atoms with Gasteiger partial charge in [-0.1, -0.05) is 23.7 Å². The first-order valence-electron chi connectivity index (χ1n) is 5.82. The van der Waals surface area contributed by atoms with E-state index in [9.17, 15) is 4.79 Å². The first kappa shape index (κ1) is 14.6. The number of para-hydroxylation sites is 1. The van der Waals surface area contributed by atoms with Crippen molar-refractivity contribution in [3.8, 4) is 5.75 Å². The maximum atomic E-state index is 11.4. The van der Waals surface area contributed by atoms with Gasteiger partial charge in [-0.3, -0.25) is 0 Å². The van der Waals surface area contributed by atoms with Crippen LogP contribution in [0.2, 0.25) is 5.02 Å². The van der Waals surface area contributed by atoms with Crippen LogP contribution in [-0.2, 0) is 0 Å². The Labute approximate surface area is 113 Å². The largest absolute Gasteiger partial charge is 0.490 e. The molecule has 0 aliphatic heterocycles. The van der Waals surface area contributed by atoms with Crippen LogP contribution in [0.5, 0.6) is 5.75 Å². The van der Waals surface area contributed by atoms with E-state index < -0.39 is 0 Å². The summed E-state index contributed by atoms with van der Waals surface area (Å²) in [6, 6.07) is 7.03. The Morgan fingerprint density at radius 2 is 2.00 bits per heavy atom. The molecule has 2 N–H and O–H groups in total. The van der Waals surface area contributed by atoms with E-state index in [4.69, 9.17) is 16.3 Å². The summed E-state index contributed by atoms with van der Waals surface area (Å²) in [5, 5.41) is 6.07. The van der Waals surface area contributed by atoms with Gasteiger partial charge in [0.05, 0.1) is 11.6 Å². The molecule has 2 amide bonds. The molecule has 100 valence electrons. The quantitative estimate of drug-likeness (QED) is 0.827. The number of carbonyl (C=O) groups excluding carboxylic acids is 1. The minimum Gasteiger partial charge on any atom is -0.490 e. The molecule has 0 atom stereocenters. The van der Waals surface area contributed by atoms with Gasteiger partial charge < -0.3 is 15.4 Å². The number of amides is 2. The van der Waals surface area contributed by atoms with Gasteiger partial charge in [0.2, 0.25) is 0 Å². The van der Waals surface area contributed by atoms with Crippen molar-refractivity contribution in [3.63, 3.8) is 0 Å². The van der Waals surface area contributed by atoms with Crippen molar-refractivity contribution < 1.29 is 9.53 Å². The Balaban J connectivity index is 2.23. The molecule has 1 aromatic carbocycles. The first-order chi connectivity index (χ1) is 8.38. The molecule has 0 fully saturated rings. The van der Waals surface area contributed by atoms with Gasteiger partial charge >= 0.3 is 6.03 Å². The number of benzene rings is 1. The number of urea groups is 1. The molecule has 0 saturated carbocycles. The van der Waals surface area contributed by atoms with E-state index in [0.717, 1.165) is 0 Å². The van der Waals surface area contributed by atoms with Crippen molar-refractivity contribution in [3.05, 3.63) is 29.3 Å². The van der Waals surface area contributed by atoms with Crippen LogP contribution >= 0.6 is 11.6 Å². The van der Waals surface area contributed by atoms with Crippen LogP contribution in [-0.4, -0.2) is 24.7 Å². The molecule has 18 heavy (non-hydrogen) atoms. The second kappa shape index (κ2) is 6.50. The van der Waals surface area contributed by atoms with Crippen molar-refractivity contribution in [1.82, 2.24) is 10.6 Å². The van der Waals surface area contributed by atoms with Gasteiger partial charge in [0.25, 0.3) is 0 Å². The minimum atomic E-state index is -0.242. The Morgan fingerprint density at radius 3 is 2.61 bits per heavy atom. The van der Waals surface area contributed by atoms with Crippen LogP contribution in [0.4, 0.5) is 4.79 Å². The van der Waals surface area contributed by atoms with Gasteiger partial charge in [-0.25, -0.2) is 4.79 Å². The summed E-state index contributed by atoms with van der Waals surface area (Å²) in [7, 11) is 0. The van der Waals surface area contributed by atoms with E-state index in [1.165, 1.54) is 0 Å². The number of halogens is 1. The summed E-state index contributed by atoms with van der Waals surface area (Å²) in [5.74, 6) is 0.622. The van der Waals surface area contributed by atoms with Crippen LogP contribution in [0.3, 0.4) is 0 Å². The number of hydrogen-bond acceptors (Lipinski definition) is 2. The smallest absolute Gasteiger partial charge is 0.315 e. The van der Waals surface area contributed by atoms with Gasteiger partial charge in [-0.05, 0) is 32.9 Å². The number of rotatable bonds is 4. The zero-order valence-corrected chi connectivity index (χ0v) is 11.7. The average molecular weight is 271 g/mol.